The first-order valence-electron chi connectivity index (χ1n) is 7.92. The Labute approximate surface area is 155 Å². The van der Waals surface area contributed by atoms with Crippen LogP contribution in [0.15, 0.2) is 36.5 Å². The van der Waals surface area contributed by atoms with Gasteiger partial charge >= 0.3 is 0 Å². The maximum atomic E-state index is 12.6. The highest BCUT2D eigenvalue weighted by Gasteiger charge is 2.36. The fourth-order valence-electron chi connectivity index (χ4n) is 2.93. The van der Waals surface area contributed by atoms with E-state index in [4.69, 9.17) is 27.9 Å². The molecule has 0 spiro atoms. The van der Waals surface area contributed by atoms with Crippen LogP contribution in [0.25, 0.3) is 0 Å². The zero-order valence-electron chi connectivity index (χ0n) is 13.6. The van der Waals surface area contributed by atoms with Crippen molar-refractivity contribution in [1.29, 1.82) is 0 Å². The summed E-state index contributed by atoms with van der Waals surface area (Å²) >= 11 is 11.9. The zero-order chi connectivity index (χ0) is 18.0. The lowest BCUT2D eigenvalue weighted by Crippen LogP contribution is -2.41. The molecule has 1 aromatic carbocycles. The number of aliphatic hydroxyl groups is 1. The first kappa shape index (κ1) is 18.0. The summed E-state index contributed by atoms with van der Waals surface area (Å²) < 4.78 is 5.08. The van der Waals surface area contributed by atoms with Crippen LogP contribution in [0, 0.1) is 5.92 Å². The van der Waals surface area contributed by atoms with E-state index in [9.17, 15) is 9.90 Å². The topological polar surface area (TPSA) is 71.5 Å². The molecule has 1 aliphatic carbocycles. The quantitative estimate of drug-likeness (QED) is 0.830. The minimum absolute atomic E-state index is 0.150. The van der Waals surface area contributed by atoms with E-state index in [1.807, 2.05) is 6.07 Å². The summed E-state index contributed by atoms with van der Waals surface area (Å²) in [6.07, 6.45) is 2.64. The minimum atomic E-state index is -0.319. The van der Waals surface area contributed by atoms with Gasteiger partial charge in [0, 0.05) is 17.8 Å². The number of amides is 1. The first-order chi connectivity index (χ1) is 12.0. The van der Waals surface area contributed by atoms with Crippen molar-refractivity contribution in [3.63, 3.8) is 0 Å². The highest BCUT2D eigenvalue weighted by molar-refractivity contribution is 6.42. The molecule has 132 valence electrons. The Hall–Kier alpha value is -1.82. The molecular formula is C18H18Cl2N2O3. The summed E-state index contributed by atoms with van der Waals surface area (Å²) in [5.74, 6) is 0.407. The number of hydrogen-bond donors (Lipinski definition) is 2. The van der Waals surface area contributed by atoms with E-state index < -0.39 is 0 Å². The Bertz CT molecular complexity index is 761. The largest absolute Gasteiger partial charge is 0.481 e. The second-order valence-electron chi connectivity index (χ2n) is 6.10. The van der Waals surface area contributed by atoms with Crippen LogP contribution in [0.2, 0.25) is 10.0 Å². The molecule has 3 rings (SSSR count). The van der Waals surface area contributed by atoms with Gasteiger partial charge in [-0.15, -0.1) is 0 Å². The standard InChI is InChI=1S/C18H18Cl2N2O3/c1-25-16-5-3-11(9-21-16)17(12-6-13(23)7-12)22-18(24)10-2-4-14(19)15(20)8-10/h2-5,8-9,12-13,17,23H,6-7H2,1H3,(H,22,24). The van der Waals surface area contributed by atoms with E-state index in [1.54, 1.807) is 31.5 Å². The average molecular weight is 381 g/mol. The number of benzene rings is 1. The van der Waals surface area contributed by atoms with Gasteiger partial charge in [0.05, 0.1) is 29.3 Å². The summed E-state index contributed by atoms with van der Waals surface area (Å²) in [5.41, 5.74) is 1.30. The number of nitrogens with zero attached hydrogens (tertiary/aromatic N) is 1. The summed E-state index contributed by atoms with van der Waals surface area (Å²) in [4.78, 5) is 16.8. The number of carbonyl (C=O) groups excluding carboxylic acids is 1. The first-order valence-corrected chi connectivity index (χ1v) is 8.67. The van der Waals surface area contributed by atoms with Gasteiger partial charge in [-0.3, -0.25) is 4.79 Å². The molecule has 0 saturated heterocycles. The number of aliphatic hydroxyl groups excluding tert-OH is 1. The molecule has 1 unspecified atom stereocenters. The van der Waals surface area contributed by atoms with Crippen molar-refractivity contribution in [2.24, 2.45) is 5.92 Å². The second-order valence-corrected chi connectivity index (χ2v) is 6.91. The molecule has 2 N–H and O–H groups in total. The van der Waals surface area contributed by atoms with Gasteiger partial charge in [0.15, 0.2) is 0 Å². The number of aromatic nitrogens is 1. The van der Waals surface area contributed by atoms with E-state index in [2.05, 4.69) is 10.3 Å². The number of pyridine rings is 1. The second kappa shape index (κ2) is 7.60. The highest BCUT2D eigenvalue weighted by atomic mass is 35.5. The van der Waals surface area contributed by atoms with Gasteiger partial charge in [-0.1, -0.05) is 29.3 Å². The lowest BCUT2D eigenvalue weighted by molar-refractivity contribution is 0.0234. The Morgan fingerprint density at radius 1 is 1.28 bits per heavy atom. The molecule has 7 heteroatoms. The average Bonchev–Trinajstić information content (AvgIpc) is 2.59. The molecule has 0 bridgehead atoms. The maximum Gasteiger partial charge on any atom is 0.251 e. The van der Waals surface area contributed by atoms with Crippen molar-refractivity contribution in [2.75, 3.05) is 7.11 Å². The molecule has 1 aliphatic rings. The summed E-state index contributed by atoms with van der Waals surface area (Å²) in [6, 6.07) is 8.14. The van der Waals surface area contributed by atoms with Crippen molar-refractivity contribution in [2.45, 2.75) is 25.0 Å². The molecule has 0 aliphatic heterocycles. The number of ether oxygens (including phenoxy) is 1. The number of methoxy groups -OCH3 is 1. The van der Waals surface area contributed by atoms with E-state index >= 15 is 0 Å². The Morgan fingerprint density at radius 3 is 2.60 bits per heavy atom. The van der Waals surface area contributed by atoms with Gasteiger partial charge in [0.25, 0.3) is 5.91 Å². The molecule has 1 saturated carbocycles. The van der Waals surface area contributed by atoms with Gasteiger partial charge < -0.3 is 15.2 Å². The molecular weight excluding hydrogens is 363 g/mol. The molecule has 0 radical (unpaired) electrons. The van der Waals surface area contributed by atoms with Crippen molar-refractivity contribution in [3.8, 4) is 5.88 Å². The molecule has 1 fully saturated rings. The number of rotatable bonds is 5. The van der Waals surface area contributed by atoms with Crippen molar-refractivity contribution in [3.05, 3.63) is 57.7 Å². The molecule has 1 amide bonds. The minimum Gasteiger partial charge on any atom is -0.481 e. The van der Waals surface area contributed by atoms with E-state index in [0.29, 0.717) is 34.3 Å². The van der Waals surface area contributed by atoms with E-state index in [0.717, 1.165) is 5.56 Å². The third-order valence-corrected chi connectivity index (χ3v) is 5.16. The summed E-state index contributed by atoms with van der Waals surface area (Å²) in [6.45, 7) is 0. The molecule has 2 aromatic rings. The van der Waals surface area contributed by atoms with Gasteiger partial charge in [0.2, 0.25) is 5.88 Å². The van der Waals surface area contributed by atoms with E-state index in [-0.39, 0.29) is 24.0 Å². The summed E-state index contributed by atoms with van der Waals surface area (Å²) in [5, 5.41) is 13.4. The fraction of sp³-hybridized carbons (Fsp3) is 0.333. The van der Waals surface area contributed by atoms with Gasteiger partial charge in [0.1, 0.15) is 0 Å². The van der Waals surface area contributed by atoms with Gasteiger partial charge in [-0.05, 0) is 42.5 Å². The SMILES string of the molecule is COc1ccc(C(NC(=O)c2ccc(Cl)c(Cl)c2)C2CC(O)C2)cn1. The Kier molecular flexibility index (Phi) is 5.47. The lowest BCUT2D eigenvalue weighted by Gasteiger charge is -2.38. The van der Waals surface area contributed by atoms with E-state index in [1.165, 1.54) is 6.07 Å². The molecule has 25 heavy (non-hydrogen) atoms. The van der Waals surface area contributed by atoms with Crippen LogP contribution in [-0.4, -0.2) is 29.2 Å². The molecule has 1 atom stereocenters. The van der Waals surface area contributed by atoms with Crippen LogP contribution in [0.1, 0.15) is 34.8 Å². The third-order valence-electron chi connectivity index (χ3n) is 4.42. The van der Waals surface area contributed by atoms with Crippen LogP contribution < -0.4 is 10.1 Å². The van der Waals surface area contributed by atoms with Crippen molar-refractivity contribution >= 4 is 29.1 Å². The van der Waals surface area contributed by atoms with Crippen LogP contribution >= 0.6 is 23.2 Å². The number of hydrogen-bond acceptors (Lipinski definition) is 4. The molecule has 1 aromatic heterocycles. The normalized spacial score (nSPS) is 20.5. The molecule has 5 nitrogen and oxygen atoms in total. The predicted octanol–water partition coefficient (Wildman–Crippen LogP) is 3.64. The van der Waals surface area contributed by atoms with Crippen molar-refractivity contribution in [1.82, 2.24) is 10.3 Å². The lowest BCUT2D eigenvalue weighted by atomic mass is 9.75. The Morgan fingerprint density at radius 2 is 2.04 bits per heavy atom. The maximum absolute atomic E-state index is 12.6. The number of carbonyl (C=O) groups is 1. The third kappa shape index (κ3) is 4.06. The fourth-order valence-corrected chi connectivity index (χ4v) is 3.23. The van der Waals surface area contributed by atoms with Gasteiger partial charge in [-0.2, -0.15) is 0 Å². The smallest absolute Gasteiger partial charge is 0.251 e. The van der Waals surface area contributed by atoms with Crippen LogP contribution in [0.5, 0.6) is 5.88 Å². The van der Waals surface area contributed by atoms with Crippen molar-refractivity contribution < 1.29 is 14.6 Å². The number of nitrogens with one attached hydrogen (secondary N) is 1. The predicted molar refractivity (Wildman–Crippen MR) is 96.2 cm³/mol. The molecule has 1 heterocycles. The van der Waals surface area contributed by atoms with Crippen LogP contribution in [0.3, 0.4) is 0 Å². The monoisotopic (exact) mass is 380 g/mol. The van der Waals surface area contributed by atoms with Crippen LogP contribution in [0.4, 0.5) is 0 Å². The zero-order valence-corrected chi connectivity index (χ0v) is 15.1. The summed E-state index contributed by atoms with van der Waals surface area (Å²) in [7, 11) is 1.55. The highest BCUT2D eigenvalue weighted by Crippen LogP contribution is 2.38. The Balaban J connectivity index is 1.81. The van der Waals surface area contributed by atoms with Gasteiger partial charge in [-0.25, -0.2) is 4.98 Å². The number of halogens is 2. The van der Waals surface area contributed by atoms with Crippen LogP contribution in [-0.2, 0) is 0 Å².